The fourth-order valence-corrected chi connectivity index (χ4v) is 3.90. The van der Waals surface area contributed by atoms with Crippen LogP contribution in [0.25, 0.3) is 0 Å². The van der Waals surface area contributed by atoms with E-state index in [2.05, 4.69) is 4.72 Å². The van der Waals surface area contributed by atoms with Gasteiger partial charge >= 0.3 is 0 Å². The van der Waals surface area contributed by atoms with Crippen LogP contribution in [-0.2, 0) is 10.0 Å². The molecule has 6 heteroatoms. The second kappa shape index (κ2) is 9.16. The van der Waals surface area contributed by atoms with Gasteiger partial charge in [-0.15, -0.1) is 0 Å². The lowest BCUT2D eigenvalue weighted by molar-refractivity contribution is 0.240. The van der Waals surface area contributed by atoms with Crippen molar-refractivity contribution in [2.75, 3.05) is 13.2 Å². The van der Waals surface area contributed by atoms with E-state index in [9.17, 15) is 13.5 Å². The van der Waals surface area contributed by atoms with Crippen LogP contribution in [0.2, 0.25) is 0 Å². The van der Waals surface area contributed by atoms with Crippen LogP contribution in [0.1, 0.15) is 37.3 Å². The Morgan fingerprint density at radius 2 is 1.81 bits per heavy atom. The van der Waals surface area contributed by atoms with Crippen molar-refractivity contribution >= 4 is 10.0 Å². The first-order valence-corrected chi connectivity index (χ1v) is 10.2. The molecule has 0 aromatic heterocycles. The molecule has 0 amide bonds. The van der Waals surface area contributed by atoms with Crippen molar-refractivity contribution in [3.05, 3.63) is 59.7 Å². The van der Waals surface area contributed by atoms with Gasteiger partial charge in [-0.2, -0.15) is 0 Å². The van der Waals surface area contributed by atoms with Crippen molar-refractivity contribution in [3.63, 3.8) is 0 Å². The first kappa shape index (κ1) is 20.4. The van der Waals surface area contributed by atoms with Crippen molar-refractivity contribution in [3.8, 4) is 5.75 Å². The summed E-state index contributed by atoms with van der Waals surface area (Å²) < 4.78 is 33.6. The summed E-state index contributed by atoms with van der Waals surface area (Å²) in [6.07, 6.45) is 0.520. The van der Waals surface area contributed by atoms with E-state index in [1.165, 1.54) is 0 Å². The lowest BCUT2D eigenvalue weighted by Gasteiger charge is -2.18. The molecule has 26 heavy (non-hydrogen) atoms. The number of aryl methyl sites for hydroxylation is 1. The first-order valence-electron chi connectivity index (χ1n) is 8.76. The molecule has 0 aliphatic rings. The van der Waals surface area contributed by atoms with Gasteiger partial charge in [0.05, 0.1) is 11.0 Å². The Morgan fingerprint density at radius 3 is 2.38 bits per heavy atom. The van der Waals surface area contributed by atoms with Crippen molar-refractivity contribution in [1.29, 1.82) is 0 Å². The highest BCUT2D eigenvalue weighted by Crippen LogP contribution is 2.24. The zero-order valence-electron chi connectivity index (χ0n) is 15.5. The van der Waals surface area contributed by atoms with Gasteiger partial charge in [-0.05, 0) is 62.4 Å². The Morgan fingerprint density at radius 1 is 1.12 bits per heavy atom. The second-order valence-electron chi connectivity index (χ2n) is 6.57. The topological polar surface area (TPSA) is 75.6 Å². The van der Waals surface area contributed by atoms with Gasteiger partial charge in [0.25, 0.3) is 0 Å². The number of hydrogen-bond donors (Lipinski definition) is 2. The van der Waals surface area contributed by atoms with E-state index >= 15 is 0 Å². The number of ether oxygens (including phenoxy) is 1. The quantitative estimate of drug-likeness (QED) is 0.703. The molecular formula is C20H27NO4S. The van der Waals surface area contributed by atoms with Crippen LogP contribution in [0.4, 0.5) is 0 Å². The van der Waals surface area contributed by atoms with Crippen molar-refractivity contribution < 1.29 is 18.3 Å². The fraction of sp³-hybridized carbons (Fsp3) is 0.400. The molecule has 0 spiro atoms. The molecule has 1 atom stereocenters. The maximum atomic E-state index is 12.6. The van der Waals surface area contributed by atoms with E-state index in [1.54, 1.807) is 18.2 Å². The molecule has 5 nitrogen and oxygen atoms in total. The number of aliphatic hydroxyl groups is 1. The minimum atomic E-state index is -3.64. The third-order valence-electron chi connectivity index (χ3n) is 4.09. The normalized spacial score (nSPS) is 13.0. The standard InChI is InChI=1S/C20H27NO4S/c1-15(2)25-20-10-9-19(13-16(20)3)26(23,24)21-14-18(11-12-22)17-7-5-4-6-8-17/h4-10,13,15,18,21-22H,11-12,14H2,1-3H3. The predicted molar refractivity (Wildman–Crippen MR) is 103 cm³/mol. The Kier molecular flexibility index (Phi) is 7.20. The molecule has 0 fully saturated rings. The number of hydrogen-bond acceptors (Lipinski definition) is 4. The molecule has 1 unspecified atom stereocenters. The number of aliphatic hydroxyl groups excluding tert-OH is 1. The van der Waals surface area contributed by atoms with Gasteiger partial charge in [-0.25, -0.2) is 13.1 Å². The third kappa shape index (κ3) is 5.56. The van der Waals surface area contributed by atoms with Crippen LogP contribution >= 0.6 is 0 Å². The maximum absolute atomic E-state index is 12.6. The smallest absolute Gasteiger partial charge is 0.240 e. The van der Waals surface area contributed by atoms with Crippen LogP contribution in [0.15, 0.2) is 53.4 Å². The first-order chi connectivity index (χ1) is 12.3. The highest BCUT2D eigenvalue weighted by atomic mass is 32.2. The van der Waals surface area contributed by atoms with E-state index in [1.807, 2.05) is 51.1 Å². The molecule has 0 saturated carbocycles. The zero-order valence-corrected chi connectivity index (χ0v) is 16.3. The van der Waals surface area contributed by atoms with Crippen LogP contribution in [0, 0.1) is 6.92 Å². The largest absolute Gasteiger partial charge is 0.491 e. The number of sulfonamides is 1. The molecule has 0 aliphatic carbocycles. The summed E-state index contributed by atoms with van der Waals surface area (Å²) in [5.41, 5.74) is 1.78. The van der Waals surface area contributed by atoms with Crippen LogP contribution in [-0.4, -0.2) is 32.8 Å². The molecule has 0 saturated heterocycles. The minimum Gasteiger partial charge on any atom is -0.491 e. The Labute approximate surface area is 156 Å². The van der Waals surface area contributed by atoms with E-state index in [4.69, 9.17) is 4.74 Å². The van der Waals surface area contributed by atoms with Crippen LogP contribution in [0.3, 0.4) is 0 Å². The van der Waals surface area contributed by atoms with Crippen molar-refractivity contribution in [2.45, 2.75) is 44.1 Å². The van der Waals surface area contributed by atoms with Crippen LogP contribution in [0.5, 0.6) is 5.75 Å². The fourth-order valence-electron chi connectivity index (χ4n) is 2.74. The highest BCUT2D eigenvalue weighted by Gasteiger charge is 2.19. The summed E-state index contributed by atoms with van der Waals surface area (Å²) >= 11 is 0. The van der Waals surface area contributed by atoms with Gasteiger partial charge in [0, 0.05) is 13.2 Å². The van der Waals surface area contributed by atoms with Gasteiger partial charge in [-0.1, -0.05) is 30.3 Å². The molecule has 0 aliphatic heterocycles. The molecular weight excluding hydrogens is 350 g/mol. The average Bonchev–Trinajstić information content (AvgIpc) is 2.60. The van der Waals surface area contributed by atoms with Crippen molar-refractivity contribution in [2.24, 2.45) is 0 Å². The van der Waals surface area contributed by atoms with Gasteiger partial charge in [0.15, 0.2) is 0 Å². The number of nitrogens with one attached hydrogen (secondary N) is 1. The Hall–Kier alpha value is -1.89. The summed E-state index contributed by atoms with van der Waals surface area (Å²) in [5, 5.41) is 9.29. The highest BCUT2D eigenvalue weighted by molar-refractivity contribution is 7.89. The molecule has 2 rings (SSSR count). The second-order valence-corrected chi connectivity index (χ2v) is 8.33. The van der Waals surface area contributed by atoms with Crippen LogP contribution < -0.4 is 9.46 Å². The molecule has 0 heterocycles. The maximum Gasteiger partial charge on any atom is 0.240 e. The number of benzene rings is 2. The SMILES string of the molecule is Cc1cc(S(=O)(=O)NCC(CCO)c2ccccc2)ccc1OC(C)C. The monoisotopic (exact) mass is 377 g/mol. The lowest BCUT2D eigenvalue weighted by atomic mass is 9.96. The van der Waals surface area contributed by atoms with Gasteiger partial charge in [-0.3, -0.25) is 0 Å². The van der Waals surface area contributed by atoms with E-state index in [0.717, 1.165) is 11.1 Å². The minimum absolute atomic E-state index is 0.00162. The van der Waals surface area contributed by atoms with Gasteiger partial charge < -0.3 is 9.84 Å². The van der Waals surface area contributed by atoms with Gasteiger partial charge in [0.2, 0.25) is 10.0 Å². The summed E-state index contributed by atoms with van der Waals surface area (Å²) in [5.74, 6) is 0.599. The summed E-state index contributed by atoms with van der Waals surface area (Å²) in [4.78, 5) is 0.210. The number of rotatable bonds is 9. The molecule has 2 N–H and O–H groups in total. The van der Waals surface area contributed by atoms with E-state index in [-0.39, 0.29) is 30.1 Å². The predicted octanol–water partition coefficient (Wildman–Crippen LogP) is 3.23. The zero-order chi connectivity index (χ0) is 19.2. The van der Waals surface area contributed by atoms with Gasteiger partial charge in [0.1, 0.15) is 5.75 Å². The third-order valence-corrected chi connectivity index (χ3v) is 5.51. The van der Waals surface area contributed by atoms with E-state index in [0.29, 0.717) is 12.2 Å². The lowest BCUT2D eigenvalue weighted by Crippen LogP contribution is -2.29. The Balaban J connectivity index is 2.13. The van der Waals surface area contributed by atoms with E-state index < -0.39 is 10.0 Å². The molecule has 142 valence electrons. The summed E-state index contributed by atoms with van der Waals surface area (Å²) in [7, 11) is -3.64. The summed E-state index contributed by atoms with van der Waals surface area (Å²) in [6, 6.07) is 14.5. The Bertz CT molecular complexity index is 804. The molecule has 0 radical (unpaired) electrons. The average molecular weight is 378 g/mol. The summed E-state index contributed by atoms with van der Waals surface area (Å²) in [6.45, 7) is 5.92. The molecule has 2 aromatic carbocycles. The molecule has 0 bridgehead atoms. The van der Waals surface area contributed by atoms with Crippen molar-refractivity contribution in [1.82, 2.24) is 4.72 Å². The molecule has 2 aromatic rings.